The molecule has 0 radical (unpaired) electrons. The Bertz CT molecular complexity index is 583. The molecule has 0 amide bonds. The summed E-state index contributed by atoms with van der Waals surface area (Å²) in [5.41, 5.74) is 1.07. The van der Waals surface area contributed by atoms with Crippen molar-refractivity contribution in [1.82, 2.24) is 10.3 Å². The first-order valence-corrected chi connectivity index (χ1v) is 6.56. The number of aromatic nitrogens is 1. The Morgan fingerprint density at radius 2 is 2.16 bits per heavy atom. The molecule has 1 aromatic heterocycles. The molecule has 0 unspecified atom stereocenters. The zero-order valence-electron chi connectivity index (χ0n) is 10.8. The molecule has 1 saturated heterocycles. The van der Waals surface area contributed by atoms with Crippen LogP contribution in [0, 0.1) is 6.92 Å². The highest BCUT2D eigenvalue weighted by Gasteiger charge is 2.25. The molecule has 1 N–H and O–H groups in total. The summed E-state index contributed by atoms with van der Waals surface area (Å²) in [4.78, 5) is 16.7. The average molecular weight is 256 g/mol. The SMILES string of the molecule is Cc1oc([C@@H]2CCCN2)nc1C(=O)c1ccccc1. The van der Waals surface area contributed by atoms with Gasteiger partial charge in [0.1, 0.15) is 5.76 Å². The highest BCUT2D eigenvalue weighted by molar-refractivity contribution is 6.08. The topological polar surface area (TPSA) is 55.1 Å². The van der Waals surface area contributed by atoms with Gasteiger partial charge in [0.25, 0.3) is 0 Å². The highest BCUT2D eigenvalue weighted by Crippen LogP contribution is 2.25. The van der Waals surface area contributed by atoms with Crippen LogP contribution in [-0.4, -0.2) is 17.3 Å². The number of hydrogen-bond donors (Lipinski definition) is 1. The number of nitrogens with one attached hydrogen (secondary N) is 1. The number of nitrogens with zero attached hydrogens (tertiary/aromatic N) is 1. The van der Waals surface area contributed by atoms with Crippen LogP contribution in [0.15, 0.2) is 34.7 Å². The minimum absolute atomic E-state index is 0.0777. The first kappa shape index (κ1) is 12.1. The zero-order valence-corrected chi connectivity index (χ0v) is 10.8. The van der Waals surface area contributed by atoms with Gasteiger partial charge in [-0.05, 0) is 26.3 Å². The Morgan fingerprint density at radius 1 is 1.37 bits per heavy atom. The Kier molecular flexibility index (Phi) is 3.17. The number of hydrogen-bond acceptors (Lipinski definition) is 4. The van der Waals surface area contributed by atoms with Gasteiger partial charge in [0.05, 0.1) is 6.04 Å². The van der Waals surface area contributed by atoms with Crippen LogP contribution < -0.4 is 5.32 Å². The Morgan fingerprint density at radius 3 is 2.84 bits per heavy atom. The van der Waals surface area contributed by atoms with Gasteiger partial charge in [-0.2, -0.15) is 0 Å². The van der Waals surface area contributed by atoms with Gasteiger partial charge in [0, 0.05) is 5.56 Å². The van der Waals surface area contributed by atoms with E-state index in [9.17, 15) is 4.79 Å². The number of aryl methyl sites for hydroxylation is 1. The van der Waals surface area contributed by atoms with E-state index in [1.54, 1.807) is 19.1 Å². The summed E-state index contributed by atoms with van der Waals surface area (Å²) < 4.78 is 5.65. The van der Waals surface area contributed by atoms with Gasteiger partial charge < -0.3 is 9.73 Å². The third kappa shape index (κ3) is 2.31. The third-order valence-electron chi connectivity index (χ3n) is 3.42. The lowest BCUT2D eigenvalue weighted by Gasteiger charge is -2.02. The first-order valence-electron chi connectivity index (χ1n) is 6.56. The van der Waals surface area contributed by atoms with Crippen LogP contribution in [0.2, 0.25) is 0 Å². The van der Waals surface area contributed by atoms with Gasteiger partial charge in [0.15, 0.2) is 5.69 Å². The molecule has 19 heavy (non-hydrogen) atoms. The average Bonchev–Trinajstić information content (AvgIpc) is 3.08. The predicted octanol–water partition coefficient (Wildman–Crippen LogP) is 2.64. The van der Waals surface area contributed by atoms with Gasteiger partial charge >= 0.3 is 0 Å². The molecule has 0 bridgehead atoms. The second-order valence-electron chi connectivity index (χ2n) is 4.80. The summed E-state index contributed by atoms with van der Waals surface area (Å²) in [7, 11) is 0. The summed E-state index contributed by atoms with van der Waals surface area (Å²) in [5.74, 6) is 1.15. The van der Waals surface area contributed by atoms with E-state index in [1.165, 1.54) is 0 Å². The van der Waals surface area contributed by atoms with Crippen molar-refractivity contribution in [2.75, 3.05) is 6.54 Å². The molecular formula is C15H16N2O2. The molecule has 98 valence electrons. The fourth-order valence-corrected chi connectivity index (χ4v) is 2.40. The van der Waals surface area contributed by atoms with Crippen LogP contribution in [0.4, 0.5) is 0 Å². The van der Waals surface area contributed by atoms with Crippen LogP contribution in [0.3, 0.4) is 0 Å². The van der Waals surface area contributed by atoms with E-state index in [0.717, 1.165) is 19.4 Å². The molecule has 1 aliphatic heterocycles. The van der Waals surface area contributed by atoms with Gasteiger partial charge in [0.2, 0.25) is 11.7 Å². The molecule has 1 atom stereocenters. The standard InChI is InChI=1S/C15H16N2O2/c1-10-13(14(18)11-6-3-2-4-7-11)17-15(19-10)12-8-5-9-16-12/h2-4,6-7,12,16H,5,8-9H2,1H3/t12-/m0/s1. The van der Waals surface area contributed by atoms with E-state index in [4.69, 9.17) is 4.42 Å². The van der Waals surface area contributed by atoms with Gasteiger partial charge in [-0.3, -0.25) is 4.79 Å². The van der Waals surface area contributed by atoms with Crippen LogP contribution in [0.25, 0.3) is 0 Å². The number of benzene rings is 1. The molecule has 0 saturated carbocycles. The molecule has 4 heteroatoms. The van der Waals surface area contributed by atoms with Crippen LogP contribution in [0.5, 0.6) is 0 Å². The molecule has 3 rings (SSSR count). The monoisotopic (exact) mass is 256 g/mol. The zero-order chi connectivity index (χ0) is 13.2. The van der Waals surface area contributed by atoms with Gasteiger partial charge in [-0.25, -0.2) is 4.98 Å². The molecule has 1 aliphatic rings. The van der Waals surface area contributed by atoms with Crippen LogP contribution >= 0.6 is 0 Å². The number of carbonyl (C=O) groups excluding carboxylic acids is 1. The normalized spacial score (nSPS) is 18.7. The maximum Gasteiger partial charge on any atom is 0.214 e. The van der Waals surface area contributed by atoms with Crippen molar-refractivity contribution in [3.8, 4) is 0 Å². The highest BCUT2D eigenvalue weighted by atomic mass is 16.4. The maximum atomic E-state index is 12.4. The Hall–Kier alpha value is -1.94. The number of ketones is 1. The smallest absolute Gasteiger partial charge is 0.214 e. The molecule has 0 aliphatic carbocycles. The third-order valence-corrected chi connectivity index (χ3v) is 3.42. The molecule has 1 fully saturated rings. The van der Waals surface area contributed by atoms with Crippen molar-refractivity contribution in [3.05, 3.63) is 53.2 Å². The number of carbonyl (C=O) groups is 1. The van der Waals surface area contributed by atoms with E-state index in [0.29, 0.717) is 22.9 Å². The summed E-state index contributed by atoms with van der Waals surface area (Å²) in [6, 6.07) is 9.33. The molecular weight excluding hydrogens is 240 g/mol. The largest absolute Gasteiger partial charge is 0.443 e. The van der Waals surface area contributed by atoms with Crippen molar-refractivity contribution in [3.63, 3.8) is 0 Å². The van der Waals surface area contributed by atoms with E-state index in [2.05, 4.69) is 10.3 Å². The second-order valence-corrected chi connectivity index (χ2v) is 4.80. The predicted molar refractivity (Wildman–Crippen MR) is 71.1 cm³/mol. The fourth-order valence-electron chi connectivity index (χ4n) is 2.40. The maximum absolute atomic E-state index is 12.4. The molecule has 2 aromatic rings. The van der Waals surface area contributed by atoms with E-state index in [-0.39, 0.29) is 11.8 Å². The lowest BCUT2D eigenvalue weighted by molar-refractivity contribution is 0.103. The molecule has 4 nitrogen and oxygen atoms in total. The van der Waals surface area contributed by atoms with Gasteiger partial charge in [-0.1, -0.05) is 30.3 Å². The fraction of sp³-hybridized carbons (Fsp3) is 0.333. The van der Waals surface area contributed by atoms with Crippen molar-refractivity contribution in [2.45, 2.75) is 25.8 Å². The number of rotatable bonds is 3. The second kappa shape index (κ2) is 4.97. The molecule has 1 aromatic carbocycles. The van der Waals surface area contributed by atoms with Crippen molar-refractivity contribution < 1.29 is 9.21 Å². The van der Waals surface area contributed by atoms with Crippen molar-refractivity contribution in [2.24, 2.45) is 0 Å². The number of oxazole rings is 1. The summed E-state index contributed by atoms with van der Waals surface area (Å²) in [6.45, 7) is 2.77. The molecule has 0 spiro atoms. The van der Waals surface area contributed by atoms with Crippen molar-refractivity contribution in [1.29, 1.82) is 0 Å². The van der Waals surface area contributed by atoms with Gasteiger partial charge in [-0.15, -0.1) is 0 Å². The minimum atomic E-state index is -0.0777. The first-order chi connectivity index (χ1) is 9.25. The lowest BCUT2D eigenvalue weighted by atomic mass is 10.1. The quantitative estimate of drug-likeness (QED) is 0.858. The lowest BCUT2D eigenvalue weighted by Crippen LogP contribution is -2.13. The Labute approximate surface area is 111 Å². The van der Waals surface area contributed by atoms with Crippen molar-refractivity contribution >= 4 is 5.78 Å². The summed E-state index contributed by atoms with van der Waals surface area (Å²) in [6.07, 6.45) is 2.13. The van der Waals surface area contributed by atoms with E-state index in [1.807, 2.05) is 18.2 Å². The molecule has 2 heterocycles. The van der Waals surface area contributed by atoms with Crippen LogP contribution in [-0.2, 0) is 0 Å². The van der Waals surface area contributed by atoms with E-state index >= 15 is 0 Å². The van der Waals surface area contributed by atoms with E-state index < -0.39 is 0 Å². The summed E-state index contributed by atoms with van der Waals surface area (Å²) >= 11 is 0. The Balaban J connectivity index is 1.90. The summed E-state index contributed by atoms with van der Waals surface area (Å²) in [5, 5.41) is 3.32. The van der Waals surface area contributed by atoms with Crippen LogP contribution in [0.1, 0.15) is 46.6 Å². The minimum Gasteiger partial charge on any atom is -0.443 e.